The maximum atomic E-state index is 13.1. The van der Waals surface area contributed by atoms with E-state index in [1.165, 1.54) is 0 Å². The van der Waals surface area contributed by atoms with Crippen LogP contribution in [0.2, 0.25) is 0 Å². The average molecular weight is 381 g/mol. The smallest absolute Gasteiger partial charge is 0.256 e. The van der Waals surface area contributed by atoms with E-state index >= 15 is 0 Å². The van der Waals surface area contributed by atoms with E-state index in [9.17, 15) is 4.79 Å². The van der Waals surface area contributed by atoms with Crippen LogP contribution >= 0.6 is 0 Å². The number of hydrogen-bond acceptors (Lipinski definition) is 5. The Kier molecular flexibility index (Phi) is 4.92. The Morgan fingerprint density at radius 2 is 1.93 bits per heavy atom. The Morgan fingerprint density at radius 3 is 2.64 bits per heavy atom. The van der Waals surface area contributed by atoms with Crippen LogP contribution in [0.1, 0.15) is 15.9 Å². The maximum absolute atomic E-state index is 13.1. The Balaban J connectivity index is 1.81. The number of pyridine rings is 1. The summed E-state index contributed by atoms with van der Waals surface area (Å²) in [6, 6.07) is 5.67. The molecule has 0 atom stereocenters. The molecule has 28 heavy (non-hydrogen) atoms. The molecule has 1 N–H and O–H groups in total. The topological polar surface area (TPSA) is 76.7 Å². The number of rotatable bonds is 4. The van der Waals surface area contributed by atoms with Crippen molar-refractivity contribution < 1.29 is 19.0 Å². The number of aromatic nitrogens is 2. The third-order valence-corrected chi connectivity index (χ3v) is 5.09. The minimum atomic E-state index is -0.0117. The first-order valence-corrected chi connectivity index (χ1v) is 9.20. The monoisotopic (exact) mass is 381 g/mol. The highest BCUT2D eigenvalue weighted by atomic mass is 16.5. The van der Waals surface area contributed by atoms with Gasteiger partial charge in [0.25, 0.3) is 5.91 Å². The summed E-state index contributed by atoms with van der Waals surface area (Å²) in [5.74, 6) is 1.28. The first-order chi connectivity index (χ1) is 13.6. The van der Waals surface area contributed by atoms with Crippen LogP contribution in [-0.2, 0) is 4.74 Å². The van der Waals surface area contributed by atoms with Gasteiger partial charge in [0.15, 0.2) is 11.5 Å². The van der Waals surface area contributed by atoms with Crippen LogP contribution in [0.25, 0.3) is 22.2 Å². The number of amides is 1. The normalized spacial score (nSPS) is 14.3. The number of hydrogen-bond donors (Lipinski definition) is 1. The van der Waals surface area contributed by atoms with E-state index in [1.54, 1.807) is 20.4 Å². The number of methoxy groups -OCH3 is 2. The number of ether oxygens (including phenoxy) is 3. The van der Waals surface area contributed by atoms with Gasteiger partial charge in [-0.25, -0.2) is 0 Å². The number of fused-ring (bicyclic) bond motifs is 1. The van der Waals surface area contributed by atoms with Crippen molar-refractivity contribution in [2.75, 3.05) is 40.5 Å². The minimum Gasteiger partial charge on any atom is -0.493 e. The summed E-state index contributed by atoms with van der Waals surface area (Å²) < 4.78 is 16.1. The first kappa shape index (κ1) is 18.3. The zero-order chi connectivity index (χ0) is 19.7. The Morgan fingerprint density at radius 1 is 1.18 bits per heavy atom. The van der Waals surface area contributed by atoms with Gasteiger partial charge in [-0.3, -0.25) is 9.78 Å². The predicted molar refractivity (Wildman–Crippen MR) is 106 cm³/mol. The second kappa shape index (κ2) is 7.52. The predicted octanol–water partition coefficient (Wildman–Crippen LogP) is 3.03. The number of morpholine rings is 1. The molecule has 7 heteroatoms. The standard InChI is InChI=1S/C21H23N3O4/c1-13-11-22-20-18(13)15(21(25)24-6-8-28-9-7-24)12-23-19(20)14-4-5-16(26-2)17(10-14)27-3/h4-5,10-12,22H,6-9H2,1-3H3. The van der Waals surface area contributed by atoms with Crippen molar-refractivity contribution in [2.45, 2.75) is 6.92 Å². The lowest BCUT2D eigenvalue weighted by Crippen LogP contribution is -2.40. The van der Waals surface area contributed by atoms with Crippen molar-refractivity contribution in [3.05, 3.63) is 41.7 Å². The molecule has 0 aliphatic carbocycles. The molecule has 3 heterocycles. The molecule has 3 aromatic rings. The van der Waals surface area contributed by atoms with Crippen LogP contribution in [0.4, 0.5) is 0 Å². The largest absolute Gasteiger partial charge is 0.493 e. The fraction of sp³-hybridized carbons (Fsp3) is 0.333. The number of nitrogens with one attached hydrogen (secondary N) is 1. The molecule has 1 aliphatic heterocycles. The van der Waals surface area contributed by atoms with Gasteiger partial charge in [-0.15, -0.1) is 0 Å². The van der Waals surface area contributed by atoms with Crippen molar-refractivity contribution in [1.29, 1.82) is 0 Å². The van der Waals surface area contributed by atoms with E-state index < -0.39 is 0 Å². The van der Waals surface area contributed by atoms with Crippen molar-refractivity contribution in [2.24, 2.45) is 0 Å². The SMILES string of the molecule is COc1ccc(-c2ncc(C(=O)N3CCOCC3)c3c(C)c[nH]c23)cc1OC. The van der Waals surface area contributed by atoms with Crippen LogP contribution in [0.3, 0.4) is 0 Å². The molecule has 7 nitrogen and oxygen atoms in total. The second-order valence-corrected chi connectivity index (χ2v) is 6.72. The van der Waals surface area contributed by atoms with E-state index in [1.807, 2.05) is 36.2 Å². The van der Waals surface area contributed by atoms with Gasteiger partial charge >= 0.3 is 0 Å². The van der Waals surface area contributed by atoms with Crippen LogP contribution in [-0.4, -0.2) is 61.3 Å². The molecule has 1 saturated heterocycles. The van der Waals surface area contributed by atoms with E-state index in [4.69, 9.17) is 14.2 Å². The van der Waals surface area contributed by atoms with E-state index in [0.29, 0.717) is 43.4 Å². The Bertz CT molecular complexity index is 1020. The molecule has 1 amide bonds. The summed E-state index contributed by atoms with van der Waals surface area (Å²) in [7, 11) is 3.21. The maximum Gasteiger partial charge on any atom is 0.256 e. The highest BCUT2D eigenvalue weighted by Crippen LogP contribution is 2.35. The molecule has 1 aromatic carbocycles. The zero-order valence-electron chi connectivity index (χ0n) is 16.2. The molecule has 0 bridgehead atoms. The highest BCUT2D eigenvalue weighted by Gasteiger charge is 2.24. The zero-order valence-corrected chi connectivity index (χ0v) is 16.2. The molecule has 1 fully saturated rings. The quantitative estimate of drug-likeness (QED) is 0.752. The van der Waals surface area contributed by atoms with E-state index in [-0.39, 0.29) is 5.91 Å². The lowest BCUT2D eigenvalue weighted by atomic mass is 10.0. The lowest BCUT2D eigenvalue weighted by Gasteiger charge is -2.27. The molecule has 1 aliphatic rings. The molecule has 2 aromatic heterocycles. The highest BCUT2D eigenvalue weighted by molar-refractivity contribution is 6.10. The van der Waals surface area contributed by atoms with Gasteiger partial charge in [0.2, 0.25) is 0 Å². The number of carbonyl (C=O) groups excluding carboxylic acids is 1. The van der Waals surface area contributed by atoms with Crippen LogP contribution in [0.5, 0.6) is 11.5 Å². The van der Waals surface area contributed by atoms with Gasteiger partial charge < -0.3 is 24.1 Å². The van der Waals surface area contributed by atoms with Crippen molar-refractivity contribution in [3.63, 3.8) is 0 Å². The molecule has 4 rings (SSSR count). The average Bonchev–Trinajstić information content (AvgIpc) is 3.14. The lowest BCUT2D eigenvalue weighted by molar-refractivity contribution is 0.0304. The molecular formula is C21H23N3O4. The Hall–Kier alpha value is -3.06. The third kappa shape index (κ3) is 3.07. The number of aromatic amines is 1. The number of H-pyrrole nitrogens is 1. The van der Waals surface area contributed by atoms with Gasteiger partial charge in [-0.1, -0.05) is 0 Å². The first-order valence-electron chi connectivity index (χ1n) is 9.20. The fourth-order valence-corrected chi connectivity index (χ4v) is 3.62. The number of nitrogens with zero attached hydrogens (tertiary/aromatic N) is 2. The third-order valence-electron chi connectivity index (χ3n) is 5.09. The van der Waals surface area contributed by atoms with Gasteiger partial charge in [0.1, 0.15) is 0 Å². The van der Waals surface area contributed by atoms with E-state index in [2.05, 4.69) is 9.97 Å². The van der Waals surface area contributed by atoms with Gasteiger partial charge in [0, 0.05) is 36.4 Å². The molecule has 0 radical (unpaired) electrons. The molecule has 0 unspecified atom stereocenters. The Labute approximate surface area is 163 Å². The van der Waals surface area contributed by atoms with Crippen molar-refractivity contribution >= 4 is 16.8 Å². The molecule has 0 saturated carbocycles. The molecular weight excluding hydrogens is 358 g/mol. The molecule has 146 valence electrons. The summed E-state index contributed by atoms with van der Waals surface area (Å²) in [6.07, 6.45) is 3.58. The fourth-order valence-electron chi connectivity index (χ4n) is 3.62. The van der Waals surface area contributed by atoms with Crippen molar-refractivity contribution in [1.82, 2.24) is 14.9 Å². The summed E-state index contributed by atoms with van der Waals surface area (Å²) >= 11 is 0. The number of benzene rings is 1. The van der Waals surface area contributed by atoms with Crippen LogP contribution in [0.15, 0.2) is 30.6 Å². The van der Waals surface area contributed by atoms with Gasteiger partial charge in [-0.05, 0) is 30.7 Å². The van der Waals surface area contributed by atoms with E-state index in [0.717, 1.165) is 27.7 Å². The van der Waals surface area contributed by atoms with Crippen LogP contribution < -0.4 is 9.47 Å². The molecule has 0 spiro atoms. The second-order valence-electron chi connectivity index (χ2n) is 6.72. The summed E-state index contributed by atoms with van der Waals surface area (Å²) in [6.45, 7) is 4.33. The van der Waals surface area contributed by atoms with Gasteiger partial charge in [0.05, 0.1) is 44.2 Å². The summed E-state index contributed by atoms with van der Waals surface area (Å²) in [4.78, 5) is 22.8. The van der Waals surface area contributed by atoms with Crippen molar-refractivity contribution in [3.8, 4) is 22.8 Å². The number of carbonyl (C=O) groups is 1. The summed E-state index contributed by atoms with van der Waals surface area (Å²) in [5.41, 5.74) is 4.11. The van der Waals surface area contributed by atoms with Crippen LogP contribution in [0, 0.1) is 6.92 Å². The minimum absolute atomic E-state index is 0.0117. The number of aryl methyl sites for hydroxylation is 1. The summed E-state index contributed by atoms with van der Waals surface area (Å²) in [5, 5.41) is 0.899. The van der Waals surface area contributed by atoms with Gasteiger partial charge in [-0.2, -0.15) is 0 Å².